The highest BCUT2D eigenvalue weighted by atomic mass is 16.1. The Kier molecular flexibility index (Phi) is 2.73. The predicted octanol–water partition coefficient (Wildman–Crippen LogP) is -0.710. The van der Waals surface area contributed by atoms with E-state index in [0.717, 1.165) is 0 Å². The predicted molar refractivity (Wildman–Crippen MR) is 49.9 cm³/mol. The standard InChI is InChI=1S/C7H13N5O/c1-12-4-5(8)7(11-12)10-3-2-6(9)13/h4H,2-3,8H2,1H3,(H2,9,13)(H,10,11). The highest BCUT2D eigenvalue weighted by Gasteiger charge is 2.02. The van der Waals surface area contributed by atoms with Gasteiger partial charge in [0.2, 0.25) is 5.91 Å². The number of nitrogens with zero attached hydrogens (tertiary/aromatic N) is 2. The summed E-state index contributed by atoms with van der Waals surface area (Å²) in [5, 5.41) is 6.94. The molecule has 0 spiro atoms. The minimum Gasteiger partial charge on any atom is -0.394 e. The van der Waals surface area contributed by atoms with Gasteiger partial charge in [-0.25, -0.2) is 0 Å². The number of carbonyl (C=O) groups excluding carboxylic acids is 1. The van der Waals surface area contributed by atoms with E-state index >= 15 is 0 Å². The minimum atomic E-state index is -0.345. The monoisotopic (exact) mass is 183 g/mol. The highest BCUT2D eigenvalue weighted by molar-refractivity contribution is 5.74. The van der Waals surface area contributed by atoms with Gasteiger partial charge in [-0.15, -0.1) is 0 Å². The van der Waals surface area contributed by atoms with Gasteiger partial charge in [0, 0.05) is 26.2 Å². The quantitative estimate of drug-likeness (QED) is 0.574. The van der Waals surface area contributed by atoms with Crippen LogP contribution in [0.15, 0.2) is 6.20 Å². The lowest BCUT2D eigenvalue weighted by molar-refractivity contribution is -0.117. The van der Waals surface area contributed by atoms with Crippen molar-refractivity contribution >= 4 is 17.4 Å². The average molecular weight is 183 g/mol. The molecule has 0 aliphatic rings. The summed E-state index contributed by atoms with van der Waals surface area (Å²) in [6, 6.07) is 0. The molecule has 0 atom stereocenters. The highest BCUT2D eigenvalue weighted by Crippen LogP contribution is 2.13. The molecule has 1 heterocycles. The van der Waals surface area contributed by atoms with Crippen LogP contribution in [-0.4, -0.2) is 22.2 Å². The third-order valence-corrected chi connectivity index (χ3v) is 1.52. The zero-order valence-electron chi connectivity index (χ0n) is 7.45. The molecule has 0 aliphatic heterocycles. The largest absolute Gasteiger partial charge is 0.394 e. The Morgan fingerprint density at radius 1 is 1.77 bits per heavy atom. The van der Waals surface area contributed by atoms with Crippen LogP contribution in [0.4, 0.5) is 11.5 Å². The molecule has 0 aromatic carbocycles. The molecule has 13 heavy (non-hydrogen) atoms. The van der Waals surface area contributed by atoms with E-state index in [1.165, 1.54) is 0 Å². The van der Waals surface area contributed by atoms with Crippen LogP contribution < -0.4 is 16.8 Å². The number of nitrogens with one attached hydrogen (secondary N) is 1. The van der Waals surface area contributed by atoms with Crippen LogP contribution >= 0.6 is 0 Å². The lowest BCUT2D eigenvalue weighted by Crippen LogP contribution is -2.16. The number of hydrogen-bond donors (Lipinski definition) is 3. The van der Waals surface area contributed by atoms with Crippen LogP contribution in [-0.2, 0) is 11.8 Å². The Balaban J connectivity index is 2.45. The van der Waals surface area contributed by atoms with Crippen LogP contribution in [0.25, 0.3) is 0 Å². The first kappa shape index (κ1) is 9.37. The number of aromatic nitrogens is 2. The van der Waals surface area contributed by atoms with Crippen molar-refractivity contribution in [2.75, 3.05) is 17.6 Å². The topological polar surface area (TPSA) is 99.0 Å². The number of rotatable bonds is 4. The third kappa shape index (κ3) is 2.66. The molecule has 0 unspecified atom stereocenters. The van der Waals surface area contributed by atoms with Gasteiger partial charge in [0.1, 0.15) is 0 Å². The van der Waals surface area contributed by atoms with Gasteiger partial charge in [0.05, 0.1) is 5.69 Å². The van der Waals surface area contributed by atoms with Crippen molar-refractivity contribution in [2.45, 2.75) is 6.42 Å². The van der Waals surface area contributed by atoms with Gasteiger partial charge in [-0.3, -0.25) is 9.48 Å². The van der Waals surface area contributed by atoms with Crippen molar-refractivity contribution < 1.29 is 4.79 Å². The number of nitrogens with two attached hydrogens (primary N) is 2. The van der Waals surface area contributed by atoms with Gasteiger partial charge in [-0.05, 0) is 0 Å². The number of carbonyl (C=O) groups is 1. The molecule has 0 saturated heterocycles. The summed E-state index contributed by atoms with van der Waals surface area (Å²) in [4.78, 5) is 10.4. The number of amides is 1. The Morgan fingerprint density at radius 2 is 2.46 bits per heavy atom. The minimum absolute atomic E-state index is 0.274. The summed E-state index contributed by atoms with van der Waals surface area (Å²) >= 11 is 0. The van der Waals surface area contributed by atoms with Crippen LogP contribution in [0.1, 0.15) is 6.42 Å². The van der Waals surface area contributed by atoms with E-state index in [2.05, 4.69) is 10.4 Å². The van der Waals surface area contributed by atoms with Gasteiger partial charge >= 0.3 is 0 Å². The Bertz CT molecular complexity index is 306. The van der Waals surface area contributed by atoms with Crippen molar-refractivity contribution in [3.8, 4) is 0 Å². The Labute approximate surface area is 75.9 Å². The SMILES string of the molecule is Cn1cc(N)c(NCCC(N)=O)n1. The maximum atomic E-state index is 10.4. The van der Waals surface area contributed by atoms with Crippen molar-refractivity contribution in [3.63, 3.8) is 0 Å². The van der Waals surface area contributed by atoms with Gasteiger partial charge in [0.25, 0.3) is 0 Å². The molecule has 1 rings (SSSR count). The average Bonchev–Trinajstić information content (AvgIpc) is 2.29. The summed E-state index contributed by atoms with van der Waals surface area (Å²) in [5.41, 5.74) is 11.1. The molecule has 6 heteroatoms. The van der Waals surface area contributed by atoms with Crippen LogP contribution in [0.2, 0.25) is 0 Å². The molecular formula is C7H13N5O. The molecule has 0 fully saturated rings. The lowest BCUT2D eigenvalue weighted by Gasteiger charge is -2.00. The van der Waals surface area contributed by atoms with Crippen molar-refractivity contribution in [1.82, 2.24) is 9.78 Å². The van der Waals surface area contributed by atoms with Crippen LogP contribution in [0.3, 0.4) is 0 Å². The lowest BCUT2D eigenvalue weighted by atomic mass is 10.4. The Morgan fingerprint density at radius 3 is 2.92 bits per heavy atom. The smallest absolute Gasteiger partial charge is 0.219 e. The summed E-state index contributed by atoms with van der Waals surface area (Å²) < 4.78 is 1.60. The number of primary amides is 1. The van der Waals surface area contributed by atoms with Crippen LogP contribution in [0.5, 0.6) is 0 Å². The first-order chi connectivity index (χ1) is 6.09. The number of hydrogen-bond acceptors (Lipinski definition) is 4. The van der Waals surface area contributed by atoms with E-state index < -0.39 is 0 Å². The molecule has 1 aromatic heterocycles. The van der Waals surface area contributed by atoms with E-state index in [1.807, 2.05) is 0 Å². The second-order valence-corrected chi connectivity index (χ2v) is 2.75. The molecule has 72 valence electrons. The fraction of sp³-hybridized carbons (Fsp3) is 0.429. The summed E-state index contributed by atoms with van der Waals surface area (Å²) in [6.07, 6.45) is 1.96. The van der Waals surface area contributed by atoms with Crippen LogP contribution in [0, 0.1) is 0 Å². The van der Waals surface area contributed by atoms with Gasteiger partial charge in [-0.2, -0.15) is 5.10 Å². The summed E-state index contributed by atoms with van der Waals surface area (Å²) in [6.45, 7) is 0.455. The molecule has 0 saturated carbocycles. The molecule has 1 aromatic rings. The van der Waals surface area contributed by atoms with E-state index in [0.29, 0.717) is 18.1 Å². The van der Waals surface area contributed by atoms with E-state index in [4.69, 9.17) is 11.5 Å². The van der Waals surface area contributed by atoms with Gasteiger partial charge in [0.15, 0.2) is 5.82 Å². The Hall–Kier alpha value is -1.72. The summed E-state index contributed by atoms with van der Waals surface area (Å²) in [5.74, 6) is 0.241. The van der Waals surface area contributed by atoms with Crippen molar-refractivity contribution in [1.29, 1.82) is 0 Å². The molecule has 0 radical (unpaired) electrons. The van der Waals surface area contributed by atoms with Crippen molar-refractivity contribution in [2.24, 2.45) is 12.8 Å². The summed E-state index contributed by atoms with van der Waals surface area (Å²) in [7, 11) is 1.77. The number of anilines is 2. The zero-order chi connectivity index (χ0) is 9.84. The maximum absolute atomic E-state index is 10.4. The van der Waals surface area contributed by atoms with E-state index in [9.17, 15) is 4.79 Å². The number of aryl methyl sites for hydroxylation is 1. The normalized spacial score (nSPS) is 9.92. The van der Waals surface area contributed by atoms with E-state index in [-0.39, 0.29) is 12.3 Å². The molecular weight excluding hydrogens is 170 g/mol. The second kappa shape index (κ2) is 3.79. The molecule has 6 nitrogen and oxygen atoms in total. The van der Waals surface area contributed by atoms with Crippen molar-refractivity contribution in [3.05, 3.63) is 6.20 Å². The fourth-order valence-corrected chi connectivity index (χ4v) is 0.948. The molecule has 1 amide bonds. The second-order valence-electron chi connectivity index (χ2n) is 2.75. The zero-order valence-corrected chi connectivity index (χ0v) is 7.45. The first-order valence-corrected chi connectivity index (χ1v) is 3.91. The van der Waals surface area contributed by atoms with E-state index in [1.54, 1.807) is 17.9 Å². The molecule has 5 N–H and O–H groups in total. The molecule has 0 aliphatic carbocycles. The first-order valence-electron chi connectivity index (χ1n) is 3.91. The maximum Gasteiger partial charge on any atom is 0.219 e. The van der Waals surface area contributed by atoms with Gasteiger partial charge in [-0.1, -0.05) is 0 Å². The van der Waals surface area contributed by atoms with Gasteiger partial charge < -0.3 is 16.8 Å². The molecule has 0 bridgehead atoms. The fourth-order valence-electron chi connectivity index (χ4n) is 0.948. The number of nitrogen functional groups attached to an aromatic ring is 1. The third-order valence-electron chi connectivity index (χ3n) is 1.52.